The number of benzene rings is 2. The second-order valence-corrected chi connectivity index (χ2v) is 6.41. The monoisotopic (exact) mass is 315 g/mol. The summed E-state index contributed by atoms with van der Waals surface area (Å²) < 4.78 is 29.4. The van der Waals surface area contributed by atoms with Gasteiger partial charge in [0.15, 0.2) is 0 Å². The summed E-state index contributed by atoms with van der Waals surface area (Å²) in [5, 5.41) is 0.655. The molecule has 0 saturated carbocycles. The van der Waals surface area contributed by atoms with Crippen LogP contribution in [0.5, 0.6) is 0 Å². The van der Waals surface area contributed by atoms with Gasteiger partial charge in [0, 0.05) is 17.1 Å². The first-order valence-corrected chi connectivity index (χ1v) is 7.95. The van der Waals surface area contributed by atoms with Crippen LogP contribution in [0.25, 0.3) is 10.9 Å². The smallest absolute Gasteiger partial charge is 0.283 e. The van der Waals surface area contributed by atoms with Crippen molar-refractivity contribution >= 4 is 26.9 Å². The maximum atomic E-state index is 12.5. The minimum Gasteiger partial charge on any atom is -0.283 e. The van der Waals surface area contributed by atoms with Crippen molar-refractivity contribution in [3.63, 3.8) is 0 Å². The van der Waals surface area contributed by atoms with E-state index in [1.165, 1.54) is 16.7 Å². The second-order valence-electron chi connectivity index (χ2n) is 4.70. The number of hydrogen-bond acceptors (Lipinski definition) is 4. The van der Waals surface area contributed by atoms with Crippen LogP contribution < -0.4 is 0 Å². The largest absolute Gasteiger partial charge is 0.296 e. The zero-order valence-electron chi connectivity index (χ0n) is 11.8. The molecule has 2 aromatic carbocycles. The first-order chi connectivity index (χ1) is 10.5. The number of rotatable bonds is 3. The Bertz CT molecular complexity index is 943. The van der Waals surface area contributed by atoms with Crippen LogP contribution in [-0.2, 0) is 14.3 Å². The minimum atomic E-state index is -3.75. The Labute approximate surface area is 127 Å². The molecule has 1 heterocycles. The SMILES string of the molecule is COS(=O)(=O)c1ccc2c(ccn2C(=O)c2ccccc2)c1. The van der Waals surface area contributed by atoms with E-state index in [0.717, 1.165) is 7.11 Å². The number of hydrogen-bond donors (Lipinski definition) is 0. The van der Waals surface area contributed by atoms with E-state index in [-0.39, 0.29) is 10.8 Å². The minimum absolute atomic E-state index is 0.0624. The third-order valence-corrected chi connectivity index (χ3v) is 4.68. The van der Waals surface area contributed by atoms with Gasteiger partial charge < -0.3 is 0 Å². The van der Waals surface area contributed by atoms with Gasteiger partial charge in [-0.05, 0) is 36.4 Å². The van der Waals surface area contributed by atoms with E-state index in [2.05, 4.69) is 4.18 Å². The van der Waals surface area contributed by atoms with Gasteiger partial charge in [0.1, 0.15) is 0 Å². The summed E-state index contributed by atoms with van der Waals surface area (Å²) in [6, 6.07) is 15.1. The van der Waals surface area contributed by atoms with Crippen molar-refractivity contribution in [1.29, 1.82) is 0 Å². The highest BCUT2D eigenvalue weighted by molar-refractivity contribution is 7.86. The summed E-state index contributed by atoms with van der Waals surface area (Å²) in [6.45, 7) is 0. The molecule has 0 radical (unpaired) electrons. The van der Waals surface area contributed by atoms with Gasteiger partial charge in [-0.15, -0.1) is 0 Å². The molecule has 0 bridgehead atoms. The van der Waals surface area contributed by atoms with Crippen molar-refractivity contribution in [3.05, 3.63) is 66.4 Å². The van der Waals surface area contributed by atoms with Gasteiger partial charge in [0.05, 0.1) is 17.5 Å². The summed E-state index contributed by atoms with van der Waals surface area (Å²) in [4.78, 5) is 12.5. The number of nitrogens with zero attached hydrogens (tertiary/aromatic N) is 1. The van der Waals surface area contributed by atoms with Crippen molar-refractivity contribution in [2.24, 2.45) is 0 Å². The molecular weight excluding hydrogens is 302 g/mol. The predicted octanol–water partition coefficient (Wildman–Crippen LogP) is 2.66. The second kappa shape index (κ2) is 5.40. The summed E-state index contributed by atoms with van der Waals surface area (Å²) in [6.07, 6.45) is 1.63. The fourth-order valence-electron chi connectivity index (χ4n) is 2.27. The summed E-state index contributed by atoms with van der Waals surface area (Å²) >= 11 is 0. The van der Waals surface area contributed by atoms with E-state index in [0.29, 0.717) is 16.5 Å². The average Bonchev–Trinajstić information content (AvgIpc) is 2.98. The van der Waals surface area contributed by atoms with Crippen LogP contribution in [0.3, 0.4) is 0 Å². The third-order valence-electron chi connectivity index (χ3n) is 3.41. The number of carbonyl (C=O) groups excluding carboxylic acids is 1. The molecule has 0 aliphatic rings. The number of carbonyl (C=O) groups is 1. The molecular formula is C16H13NO4S. The Morgan fingerprint density at radius 1 is 1.05 bits per heavy atom. The Morgan fingerprint density at radius 2 is 1.77 bits per heavy atom. The van der Waals surface area contributed by atoms with Gasteiger partial charge in [-0.25, -0.2) is 0 Å². The molecule has 0 atom stereocenters. The zero-order chi connectivity index (χ0) is 15.7. The highest BCUT2D eigenvalue weighted by atomic mass is 32.2. The topological polar surface area (TPSA) is 65.4 Å². The first-order valence-electron chi connectivity index (χ1n) is 6.54. The fraction of sp³-hybridized carbons (Fsp3) is 0.0625. The standard InChI is InChI=1S/C16H13NO4S/c1-21-22(19,20)14-7-8-15-13(11-14)9-10-17(15)16(18)12-5-3-2-4-6-12/h2-11H,1H3. The predicted molar refractivity (Wildman–Crippen MR) is 82.3 cm³/mol. The van der Waals surface area contributed by atoms with Gasteiger partial charge in [0.2, 0.25) is 0 Å². The van der Waals surface area contributed by atoms with Gasteiger partial charge in [-0.1, -0.05) is 18.2 Å². The van der Waals surface area contributed by atoms with Crippen LogP contribution in [0.1, 0.15) is 10.4 Å². The maximum absolute atomic E-state index is 12.5. The van der Waals surface area contributed by atoms with E-state index in [4.69, 9.17) is 0 Å². The van der Waals surface area contributed by atoms with Crippen molar-refractivity contribution < 1.29 is 17.4 Å². The number of aromatic nitrogens is 1. The van der Waals surface area contributed by atoms with E-state index >= 15 is 0 Å². The van der Waals surface area contributed by atoms with Crippen LogP contribution in [0.4, 0.5) is 0 Å². The van der Waals surface area contributed by atoms with Crippen LogP contribution in [-0.4, -0.2) is 26.0 Å². The Hall–Kier alpha value is -2.44. The molecule has 0 aliphatic heterocycles. The molecule has 0 unspecified atom stereocenters. The molecule has 5 nitrogen and oxygen atoms in total. The zero-order valence-corrected chi connectivity index (χ0v) is 12.6. The normalized spacial score (nSPS) is 11.7. The van der Waals surface area contributed by atoms with Gasteiger partial charge in [-0.2, -0.15) is 8.42 Å². The number of fused-ring (bicyclic) bond motifs is 1. The molecule has 3 aromatic rings. The third kappa shape index (κ3) is 2.43. The molecule has 3 rings (SSSR count). The molecule has 6 heteroatoms. The lowest BCUT2D eigenvalue weighted by molar-refractivity contribution is 0.0965. The molecule has 112 valence electrons. The summed E-state index contributed by atoms with van der Waals surface area (Å²) in [5.41, 5.74) is 1.21. The maximum Gasteiger partial charge on any atom is 0.296 e. The van der Waals surface area contributed by atoms with E-state index < -0.39 is 10.1 Å². The lowest BCUT2D eigenvalue weighted by atomic mass is 10.2. The Morgan fingerprint density at radius 3 is 2.45 bits per heavy atom. The summed E-state index contributed by atoms with van der Waals surface area (Å²) in [7, 11) is -2.63. The molecule has 0 spiro atoms. The van der Waals surface area contributed by atoms with E-state index in [1.54, 1.807) is 42.6 Å². The molecule has 0 fully saturated rings. The highest BCUT2D eigenvalue weighted by Gasteiger charge is 2.16. The van der Waals surface area contributed by atoms with Crippen molar-refractivity contribution in [1.82, 2.24) is 4.57 Å². The summed E-state index contributed by atoms with van der Waals surface area (Å²) in [5.74, 6) is -0.169. The van der Waals surface area contributed by atoms with Crippen molar-refractivity contribution in [3.8, 4) is 0 Å². The fourth-order valence-corrected chi connectivity index (χ4v) is 2.97. The lowest BCUT2D eigenvalue weighted by Gasteiger charge is -2.05. The highest BCUT2D eigenvalue weighted by Crippen LogP contribution is 2.22. The molecule has 0 aliphatic carbocycles. The van der Waals surface area contributed by atoms with Gasteiger partial charge in [0.25, 0.3) is 16.0 Å². The first kappa shape index (κ1) is 14.5. The molecule has 22 heavy (non-hydrogen) atoms. The van der Waals surface area contributed by atoms with Gasteiger partial charge in [-0.3, -0.25) is 13.5 Å². The van der Waals surface area contributed by atoms with Crippen LogP contribution in [0.2, 0.25) is 0 Å². The molecule has 1 aromatic heterocycles. The van der Waals surface area contributed by atoms with Crippen LogP contribution in [0.15, 0.2) is 65.7 Å². The van der Waals surface area contributed by atoms with Crippen LogP contribution >= 0.6 is 0 Å². The van der Waals surface area contributed by atoms with Gasteiger partial charge >= 0.3 is 0 Å². The molecule has 0 saturated heterocycles. The molecule has 0 N–H and O–H groups in total. The Kier molecular flexibility index (Phi) is 3.56. The quantitative estimate of drug-likeness (QED) is 0.697. The van der Waals surface area contributed by atoms with Crippen LogP contribution in [0, 0.1) is 0 Å². The van der Waals surface area contributed by atoms with E-state index in [9.17, 15) is 13.2 Å². The van der Waals surface area contributed by atoms with Crippen molar-refractivity contribution in [2.75, 3.05) is 7.11 Å². The lowest BCUT2D eigenvalue weighted by Crippen LogP contribution is -2.10. The molecule has 0 amide bonds. The average molecular weight is 315 g/mol. The Balaban J connectivity index is 2.09. The van der Waals surface area contributed by atoms with Crippen molar-refractivity contribution in [2.45, 2.75) is 4.90 Å². The van der Waals surface area contributed by atoms with E-state index in [1.807, 2.05) is 6.07 Å².